The van der Waals surface area contributed by atoms with E-state index >= 15 is 0 Å². The highest BCUT2D eigenvalue weighted by molar-refractivity contribution is 9.10. The average molecular weight is 295 g/mol. The molecule has 0 saturated heterocycles. The molecule has 14 heavy (non-hydrogen) atoms. The summed E-state index contributed by atoms with van der Waals surface area (Å²) in [5.74, 6) is 0. The monoisotopic (exact) mass is 293 g/mol. The van der Waals surface area contributed by atoms with Crippen LogP contribution in [0.2, 0.25) is 0 Å². The van der Waals surface area contributed by atoms with E-state index < -0.39 is 9.05 Å². The summed E-state index contributed by atoms with van der Waals surface area (Å²) in [7, 11) is 1.41. The van der Waals surface area contributed by atoms with Crippen LogP contribution in [-0.2, 0) is 9.05 Å². The normalized spacial score (nSPS) is 11.0. The molecule has 0 aromatic heterocycles. The zero-order valence-electron chi connectivity index (χ0n) is 7.08. The zero-order valence-corrected chi connectivity index (χ0v) is 10.2. The topological polar surface area (TPSA) is 57.9 Å². The predicted octanol–water partition coefficient (Wildman–Crippen LogP) is 2.56. The number of rotatable bonds is 1. The van der Waals surface area contributed by atoms with Crippen LogP contribution < -0.4 is 0 Å². The summed E-state index contributed by atoms with van der Waals surface area (Å²) in [4.78, 5) is -0.0288. The van der Waals surface area contributed by atoms with Gasteiger partial charge in [0.05, 0.1) is 10.5 Å². The van der Waals surface area contributed by atoms with Crippen LogP contribution in [0.5, 0.6) is 0 Å². The Morgan fingerprint density at radius 1 is 1.50 bits per heavy atom. The third kappa shape index (κ3) is 2.08. The molecule has 1 aromatic carbocycles. The molecular formula is C8H5BrClNO2S. The van der Waals surface area contributed by atoms with E-state index in [1.54, 1.807) is 6.92 Å². The van der Waals surface area contributed by atoms with Crippen molar-refractivity contribution in [1.29, 1.82) is 5.26 Å². The highest BCUT2D eigenvalue weighted by Crippen LogP contribution is 2.27. The fourth-order valence-electron chi connectivity index (χ4n) is 1.06. The van der Waals surface area contributed by atoms with E-state index in [-0.39, 0.29) is 10.5 Å². The number of nitrogens with zero attached hydrogens (tertiary/aromatic N) is 1. The van der Waals surface area contributed by atoms with Crippen molar-refractivity contribution in [2.75, 3.05) is 0 Å². The molecule has 6 heteroatoms. The smallest absolute Gasteiger partial charge is 0.207 e. The lowest BCUT2D eigenvalue weighted by Crippen LogP contribution is -1.97. The summed E-state index contributed by atoms with van der Waals surface area (Å²) in [5.41, 5.74) is 0.642. The van der Waals surface area contributed by atoms with Crippen molar-refractivity contribution >= 4 is 35.7 Å². The second-order valence-electron chi connectivity index (χ2n) is 2.60. The second-order valence-corrected chi connectivity index (χ2v) is 5.98. The molecule has 3 nitrogen and oxygen atoms in total. The molecular weight excluding hydrogens is 290 g/mol. The van der Waals surface area contributed by atoms with Gasteiger partial charge in [-0.3, -0.25) is 0 Å². The van der Waals surface area contributed by atoms with Crippen LogP contribution in [0.3, 0.4) is 0 Å². The van der Waals surface area contributed by atoms with Gasteiger partial charge in [0.25, 0.3) is 9.05 Å². The summed E-state index contributed by atoms with van der Waals surface area (Å²) >= 11 is 3.15. The lowest BCUT2D eigenvalue weighted by atomic mass is 10.1. The Labute approximate surface area is 94.9 Å². The molecule has 0 spiro atoms. The van der Waals surface area contributed by atoms with Crippen LogP contribution >= 0.6 is 26.6 Å². The van der Waals surface area contributed by atoms with Crippen molar-refractivity contribution in [3.05, 3.63) is 27.7 Å². The lowest BCUT2D eigenvalue weighted by molar-refractivity contribution is 0.609. The van der Waals surface area contributed by atoms with Gasteiger partial charge in [-0.05, 0) is 40.5 Å². The molecule has 1 aromatic rings. The molecule has 0 atom stereocenters. The van der Waals surface area contributed by atoms with Crippen LogP contribution in [0.25, 0.3) is 0 Å². The Kier molecular flexibility index (Phi) is 3.20. The van der Waals surface area contributed by atoms with Gasteiger partial charge in [0.15, 0.2) is 0 Å². The second kappa shape index (κ2) is 3.89. The van der Waals surface area contributed by atoms with Crippen LogP contribution in [0, 0.1) is 18.3 Å². The van der Waals surface area contributed by atoms with Gasteiger partial charge in [-0.2, -0.15) is 5.26 Å². The minimum atomic E-state index is -3.78. The lowest BCUT2D eigenvalue weighted by Gasteiger charge is -2.04. The average Bonchev–Trinajstić information content (AvgIpc) is 2.02. The van der Waals surface area contributed by atoms with Crippen molar-refractivity contribution in [3.63, 3.8) is 0 Å². The molecule has 0 unspecified atom stereocenters. The molecule has 0 aliphatic rings. The Hall–Kier alpha value is -0.570. The van der Waals surface area contributed by atoms with Gasteiger partial charge < -0.3 is 0 Å². The van der Waals surface area contributed by atoms with E-state index in [1.807, 2.05) is 6.07 Å². The first-order valence-corrected chi connectivity index (χ1v) is 6.62. The summed E-state index contributed by atoms with van der Waals surface area (Å²) in [6.45, 7) is 1.54. The first-order valence-electron chi connectivity index (χ1n) is 3.52. The molecule has 0 N–H and O–H groups in total. The van der Waals surface area contributed by atoms with Gasteiger partial charge in [-0.1, -0.05) is 0 Å². The predicted molar refractivity (Wildman–Crippen MR) is 56.6 cm³/mol. The molecule has 1 rings (SSSR count). The first kappa shape index (κ1) is 11.5. The molecule has 0 amide bonds. The van der Waals surface area contributed by atoms with Crippen molar-refractivity contribution in [3.8, 4) is 6.07 Å². The van der Waals surface area contributed by atoms with Crippen LogP contribution in [0.1, 0.15) is 11.1 Å². The Balaban J connectivity index is 3.62. The van der Waals surface area contributed by atoms with Gasteiger partial charge in [-0.15, -0.1) is 0 Å². The van der Waals surface area contributed by atoms with Gasteiger partial charge in [-0.25, -0.2) is 8.42 Å². The summed E-state index contributed by atoms with van der Waals surface area (Å²) in [5, 5.41) is 8.77. The van der Waals surface area contributed by atoms with Crippen molar-refractivity contribution < 1.29 is 8.42 Å². The zero-order chi connectivity index (χ0) is 10.9. The third-order valence-electron chi connectivity index (χ3n) is 1.74. The Bertz CT molecular complexity index is 519. The van der Waals surface area contributed by atoms with Crippen molar-refractivity contribution in [2.45, 2.75) is 11.8 Å². The van der Waals surface area contributed by atoms with E-state index in [2.05, 4.69) is 15.9 Å². The maximum atomic E-state index is 11.1. The van der Waals surface area contributed by atoms with Crippen LogP contribution in [0.15, 0.2) is 21.5 Å². The molecule has 0 radical (unpaired) electrons. The van der Waals surface area contributed by atoms with E-state index in [0.717, 1.165) is 0 Å². The van der Waals surface area contributed by atoms with Crippen LogP contribution in [0.4, 0.5) is 0 Å². The molecule has 0 fully saturated rings. The van der Waals surface area contributed by atoms with Gasteiger partial charge in [0.2, 0.25) is 0 Å². The molecule has 0 heterocycles. The van der Waals surface area contributed by atoms with E-state index in [1.165, 1.54) is 12.1 Å². The Morgan fingerprint density at radius 3 is 2.50 bits per heavy atom. The summed E-state index contributed by atoms with van der Waals surface area (Å²) < 4.78 is 22.7. The maximum Gasteiger partial charge on any atom is 0.261 e. The number of halogens is 2. The highest BCUT2D eigenvalue weighted by atomic mass is 79.9. The Morgan fingerprint density at radius 2 is 2.07 bits per heavy atom. The summed E-state index contributed by atoms with van der Waals surface area (Å²) in [6, 6.07) is 4.76. The SMILES string of the molecule is Cc1c(S(=O)(=O)Cl)ccc(Br)c1C#N. The third-order valence-corrected chi connectivity index (χ3v) is 3.87. The maximum absolute atomic E-state index is 11.1. The van der Waals surface area contributed by atoms with Gasteiger partial charge in [0, 0.05) is 15.2 Å². The fourth-order valence-corrected chi connectivity index (χ4v) is 2.78. The van der Waals surface area contributed by atoms with E-state index in [0.29, 0.717) is 10.0 Å². The quantitative estimate of drug-likeness (QED) is 0.748. The number of hydrogen-bond acceptors (Lipinski definition) is 3. The molecule has 0 saturated carbocycles. The van der Waals surface area contributed by atoms with E-state index in [9.17, 15) is 8.42 Å². The standard InChI is InChI=1S/C8H5BrClNO2S/c1-5-6(4-11)7(9)2-3-8(5)14(10,12)13/h2-3H,1H3. The molecule has 0 aliphatic carbocycles. The summed E-state index contributed by atoms with van der Waals surface area (Å²) in [6.07, 6.45) is 0. The first-order chi connectivity index (χ1) is 6.38. The van der Waals surface area contributed by atoms with Crippen LogP contribution in [-0.4, -0.2) is 8.42 Å². The minimum Gasteiger partial charge on any atom is -0.207 e. The number of benzene rings is 1. The van der Waals surface area contributed by atoms with E-state index in [4.69, 9.17) is 15.9 Å². The van der Waals surface area contributed by atoms with Gasteiger partial charge >= 0.3 is 0 Å². The van der Waals surface area contributed by atoms with Crippen molar-refractivity contribution in [2.24, 2.45) is 0 Å². The fraction of sp³-hybridized carbons (Fsp3) is 0.125. The highest BCUT2D eigenvalue weighted by Gasteiger charge is 2.17. The molecule has 0 aliphatic heterocycles. The van der Waals surface area contributed by atoms with Gasteiger partial charge in [0.1, 0.15) is 6.07 Å². The minimum absolute atomic E-state index is 0.0288. The van der Waals surface area contributed by atoms with Crippen molar-refractivity contribution in [1.82, 2.24) is 0 Å². The number of nitriles is 1. The number of hydrogen-bond donors (Lipinski definition) is 0. The molecule has 74 valence electrons. The molecule has 0 bridgehead atoms. The largest absolute Gasteiger partial charge is 0.261 e.